The molecule has 2 N–H and O–H groups in total. The first-order chi connectivity index (χ1) is 28.4. The second kappa shape index (κ2) is 39.8. The van der Waals surface area contributed by atoms with Crippen LogP contribution in [0.3, 0.4) is 0 Å². The van der Waals surface area contributed by atoms with Gasteiger partial charge in [-0.25, -0.2) is 4.57 Å². The van der Waals surface area contributed by atoms with E-state index in [9.17, 15) is 24.2 Å². The summed E-state index contributed by atoms with van der Waals surface area (Å²) in [6.45, 7) is 4.16. The van der Waals surface area contributed by atoms with Gasteiger partial charge in [-0.15, -0.1) is 0 Å². The lowest BCUT2D eigenvalue weighted by atomic mass is 10.0. The molecule has 0 bridgehead atoms. The third-order valence-corrected chi connectivity index (χ3v) is 10.6. The first kappa shape index (κ1) is 56.7. The van der Waals surface area contributed by atoms with Crippen LogP contribution in [0.5, 0.6) is 0 Å². The van der Waals surface area contributed by atoms with Crippen LogP contribution in [-0.4, -0.2) is 86.1 Å². The minimum absolute atomic E-state index is 0.0117. The molecule has 0 saturated heterocycles. The van der Waals surface area contributed by atoms with E-state index in [1.54, 1.807) is 6.08 Å². The summed E-state index contributed by atoms with van der Waals surface area (Å²) in [5.74, 6) is -0.904. The Hall–Kier alpha value is -2.33. The molecule has 0 radical (unpaired) electrons. The second-order valence-corrected chi connectivity index (χ2v) is 18.1. The average Bonchev–Trinajstić information content (AvgIpc) is 3.18. The normalized spacial score (nSPS) is 14.6. The number of likely N-dealkylation sites (N-methyl/N-ethyl adjacent to an activating group) is 1. The van der Waals surface area contributed by atoms with Gasteiger partial charge in [-0.05, 0) is 44.9 Å². The first-order valence-electron chi connectivity index (χ1n) is 23.1. The van der Waals surface area contributed by atoms with Crippen molar-refractivity contribution in [3.05, 3.63) is 60.8 Å². The minimum Gasteiger partial charge on any atom is -0.462 e. The van der Waals surface area contributed by atoms with Crippen LogP contribution in [0.4, 0.5) is 0 Å². The van der Waals surface area contributed by atoms with E-state index in [1.165, 1.54) is 83.5 Å². The van der Waals surface area contributed by atoms with Gasteiger partial charge in [0.25, 0.3) is 0 Å². The number of aliphatic hydroxyl groups is 1. The van der Waals surface area contributed by atoms with E-state index in [1.807, 2.05) is 57.6 Å². The van der Waals surface area contributed by atoms with Gasteiger partial charge in [0.15, 0.2) is 6.10 Å². The largest absolute Gasteiger partial charge is 0.472 e. The lowest BCUT2D eigenvalue weighted by Gasteiger charge is -2.24. The number of unbranched alkanes of at least 4 members (excludes halogenated alkanes) is 17. The van der Waals surface area contributed by atoms with Crippen molar-refractivity contribution in [2.24, 2.45) is 0 Å². The maximum absolute atomic E-state index is 12.7. The van der Waals surface area contributed by atoms with Crippen molar-refractivity contribution >= 4 is 19.8 Å². The average molecular weight is 853 g/mol. The number of carbonyl (C=O) groups excluding carboxylic acids is 2. The summed E-state index contributed by atoms with van der Waals surface area (Å²) in [7, 11) is 1.41. The number of phosphoric acid groups is 1. The van der Waals surface area contributed by atoms with Gasteiger partial charge in [-0.2, -0.15) is 0 Å². The van der Waals surface area contributed by atoms with Gasteiger partial charge in [0, 0.05) is 12.8 Å². The number of carbonyl (C=O) groups is 2. The summed E-state index contributed by atoms with van der Waals surface area (Å²) in [4.78, 5) is 35.4. The van der Waals surface area contributed by atoms with E-state index in [4.69, 9.17) is 18.5 Å². The number of phosphoric ester groups is 1. The Bertz CT molecular complexity index is 1210. The predicted octanol–water partition coefficient (Wildman–Crippen LogP) is 12.2. The van der Waals surface area contributed by atoms with Crippen molar-refractivity contribution < 1.29 is 47.2 Å². The predicted molar refractivity (Wildman–Crippen MR) is 244 cm³/mol. The van der Waals surface area contributed by atoms with E-state index >= 15 is 0 Å². The highest BCUT2D eigenvalue weighted by molar-refractivity contribution is 7.47. The van der Waals surface area contributed by atoms with Crippen molar-refractivity contribution in [2.45, 2.75) is 187 Å². The Morgan fingerprint density at radius 3 is 1.76 bits per heavy atom. The van der Waals surface area contributed by atoms with Gasteiger partial charge in [-0.1, -0.05) is 177 Å². The number of quaternary nitrogens is 1. The fourth-order valence-electron chi connectivity index (χ4n) is 6.02. The van der Waals surface area contributed by atoms with Crippen LogP contribution in [0, 0.1) is 0 Å². The molecule has 0 rings (SSSR count). The Morgan fingerprint density at radius 2 is 1.17 bits per heavy atom. The molecule has 0 heterocycles. The van der Waals surface area contributed by atoms with Gasteiger partial charge >= 0.3 is 19.8 Å². The highest BCUT2D eigenvalue weighted by atomic mass is 31.2. The fraction of sp³-hybridized carbons (Fsp3) is 0.750. The summed E-state index contributed by atoms with van der Waals surface area (Å²) >= 11 is 0. The van der Waals surface area contributed by atoms with Crippen LogP contribution < -0.4 is 0 Å². The summed E-state index contributed by atoms with van der Waals surface area (Å²) < 4.78 is 34.2. The van der Waals surface area contributed by atoms with Gasteiger partial charge in [-0.3, -0.25) is 18.6 Å². The van der Waals surface area contributed by atoms with Crippen LogP contribution in [0.25, 0.3) is 0 Å². The van der Waals surface area contributed by atoms with Crippen LogP contribution >= 0.6 is 7.82 Å². The molecular formula is C48H87NO9P+. The quantitative estimate of drug-likeness (QED) is 0.0154. The number of rotatable bonds is 41. The highest BCUT2D eigenvalue weighted by Gasteiger charge is 2.27. The highest BCUT2D eigenvalue weighted by Crippen LogP contribution is 2.43. The van der Waals surface area contributed by atoms with Crippen molar-refractivity contribution in [3.8, 4) is 0 Å². The van der Waals surface area contributed by atoms with E-state index in [-0.39, 0.29) is 26.1 Å². The molecule has 59 heavy (non-hydrogen) atoms. The number of hydrogen-bond donors (Lipinski definition) is 2. The van der Waals surface area contributed by atoms with E-state index < -0.39 is 38.6 Å². The second-order valence-electron chi connectivity index (χ2n) is 16.6. The molecule has 0 aliphatic rings. The zero-order chi connectivity index (χ0) is 43.7. The maximum Gasteiger partial charge on any atom is 0.472 e. The molecule has 0 aromatic heterocycles. The number of allylic oxidation sites excluding steroid dienone is 8. The Balaban J connectivity index is 4.47. The molecule has 342 valence electrons. The third kappa shape index (κ3) is 43.6. The summed E-state index contributed by atoms with van der Waals surface area (Å²) in [6, 6.07) is 0. The van der Waals surface area contributed by atoms with E-state index in [0.717, 1.165) is 38.5 Å². The summed E-state index contributed by atoms with van der Waals surface area (Å²) in [5, 5.41) is 10.0. The molecule has 0 aromatic rings. The van der Waals surface area contributed by atoms with Crippen molar-refractivity contribution in [1.29, 1.82) is 0 Å². The van der Waals surface area contributed by atoms with Crippen molar-refractivity contribution in [2.75, 3.05) is 47.5 Å². The number of ether oxygens (including phenoxy) is 2. The summed E-state index contributed by atoms with van der Waals surface area (Å²) in [6.07, 6.45) is 44.5. The molecule has 2 unspecified atom stereocenters. The van der Waals surface area contributed by atoms with E-state index in [0.29, 0.717) is 36.7 Å². The molecule has 0 aliphatic carbocycles. The molecule has 0 spiro atoms. The smallest absolute Gasteiger partial charge is 0.462 e. The van der Waals surface area contributed by atoms with Gasteiger partial charge in [0.2, 0.25) is 0 Å². The molecule has 0 amide bonds. The van der Waals surface area contributed by atoms with Gasteiger partial charge in [0.1, 0.15) is 19.8 Å². The molecule has 10 nitrogen and oxygen atoms in total. The Labute approximate surface area is 360 Å². The zero-order valence-electron chi connectivity index (χ0n) is 38.1. The Kier molecular flexibility index (Phi) is 38.2. The lowest BCUT2D eigenvalue weighted by Crippen LogP contribution is -2.37. The molecule has 0 saturated carbocycles. The lowest BCUT2D eigenvalue weighted by molar-refractivity contribution is -0.870. The maximum atomic E-state index is 12.7. The van der Waals surface area contributed by atoms with Crippen molar-refractivity contribution in [1.82, 2.24) is 0 Å². The number of hydrogen-bond acceptors (Lipinski definition) is 8. The minimum atomic E-state index is -4.40. The fourth-order valence-corrected chi connectivity index (χ4v) is 6.76. The van der Waals surface area contributed by atoms with Gasteiger partial charge < -0.3 is 24.0 Å². The molecular weight excluding hydrogens is 765 g/mol. The number of nitrogens with zero attached hydrogens (tertiary/aromatic N) is 1. The summed E-state index contributed by atoms with van der Waals surface area (Å²) in [5.41, 5.74) is 0. The number of aliphatic hydroxyl groups excluding tert-OH is 1. The topological polar surface area (TPSA) is 129 Å². The van der Waals surface area contributed by atoms with Crippen LogP contribution in [0.2, 0.25) is 0 Å². The molecule has 0 aliphatic heterocycles. The monoisotopic (exact) mass is 853 g/mol. The zero-order valence-corrected chi connectivity index (χ0v) is 39.0. The van der Waals surface area contributed by atoms with E-state index in [2.05, 4.69) is 32.1 Å². The SMILES string of the molecule is CC/C=C\C/C=C\CC(O)/C=C/C=C\C/C=C\CCCC(=O)OC[C@H](COP(=O)(O)OCC[N+](C)(C)C)OC(=O)CCCCCCCCCCCCCCCCCCC. The molecule has 0 aromatic carbocycles. The van der Waals surface area contributed by atoms with Gasteiger partial charge in [0.05, 0.1) is 33.9 Å². The van der Waals surface area contributed by atoms with Crippen LogP contribution in [-0.2, 0) is 32.7 Å². The molecule has 11 heteroatoms. The Morgan fingerprint density at radius 1 is 0.627 bits per heavy atom. The first-order valence-corrected chi connectivity index (χ1v) is 24.6. The van der Waals surface area contributed by atoms with Crippen molar-refractivity contribution in [3.63, 3.8) is 0 Å². The molecule has 0 fully saturated rings. The van der Waals surface area contributed by atoms with Crippen LogP contribution in [0.15, 0.2) is 60.8 Å². The number of esters is 2. The van der Waals surface area contributed by atoms with Crippen LogP contribution in [0.1, 0.15) is 174 Å². The molecule has 3 atom stereocenters. The third-order valence-electron chi connectivity index (χ3n) is 9.64. The standard InChI is InChI=1S/C48H86NO9P/c1-6-8-10-12-14-15-16-17-18-19-20-21-22-23-28-32-36-40-48(52)58-46(44-57-59(53,54)56-42-41-49(3,4)5)43-55-47(51)39-35-31-27-25-24-26-30-34-38-45(50)37-33-29-13-11-9-7-2/h9,11,25-27,29-30,33-34,38,45-46,50H,6-8,10,12-24,28,31-32,35-37,39-44H2,1-5H3/p+1/b11-9-,27-25-,30-26-,33-29-,38-34+/t45?,46-/m1/s1.